The third-order valence-electron chi connectivity index (χ3n) is 11.4. The van der Waals surface area contributed by atoms with Crippen molar-refractivity contribution in [2.24, 2.45) is 20.5 Å². The van der Waals surface area contributed by atoms with E-state index in [4.69, 9.17) is 32.7 Å². The average molecular weight is 1240 g/mol. The van der Waals surface area contributed by atoms with E-state index in [1.807, 2.05) is 13.8 Å². The van der Waals surface area contributed by atoms with Gasteiger partial charge in [0.25, 0.3) is 21.9 Å². The molecule has 0 atom stereocenters. The van der Waals surface area contributed by atoms with Crippen molar-refractivity contribution < 1.29 is 55.2 Å². The summed E-state index contributed by atoms with van der Waals surface area (Å²) < 4.78 is 81.0. The van der Waals surface area contributed by atoms with Gasteiger partial charge in [-0.05, 0) is 134 Å². The molecule has 0 fully saturated rings. The van der Waals surface area contributed by atoms with Crippen LogP contribution >= 0.6 is 23.2 Å². The first kappa shape index (κ1) is 59.8. The van der Waals surface area contributed by atoms with E-state index in [0.717, 1.165) is 0 Å². The average Bonchev–Trinajstić information content (AvgIpc) is 3.39. The number of rotatable bonds is 16. The fourth-order valence-corrected chi connectivity index (χ4v) is 10.5. The molecule has 8 aromatic rings. The summed E-state index contributed by atoms with van der Waals surface area (Å²) >= 11 is 12.2. The standard InChI is InChI=1S/2C27H24ClN3O6S.Ba/c2*1-3-19-22(28)13-14-23(26(19)38(34,35)36)30-31-24-20-8-6-5-7-16(20)15-21(25(24)32)27(33)29-17-9-11-18(12-10-17)37-4-2;/h2*5-15,32H,3-4H2,1-2H3,(H,29,33)(H,34,35,36);/q;;+2/p-2. The van der Waals surface area contributed by atoms with Gasteiger partial charge in [0, 0.05) is 37.8 Å². The topological polar surface area (TPSA) is 281 Å². The third-order valence-corrected chi connectivity index (χ3v) is 14.0. The fraction of sp³-hybridized carbons (Fsp3) is 0.148. The zero-order valence-corrected chi connectivity index (χ0v) is 49.2. The Balaban J connectivity index is 0.000000246. The minimum absolute atomic E-state index is 0. The monoisotopic (exact) mass is 1240 g/mol. The van der Waals surface area contributed by atoms with Crippen molar-refractivity contribution in [1.82, 2.24) is 0 Å². The van der Waals surface area contributed by atoms with Crippen molar-refractivity contribution >= 4 is 160 Å². The Morgan fingerprint density at radius 1 is 0.584 bits per heavy atom. The Morgan fingerprint density at radius 3 is 1.45 bits per heavy atom. The number of carbonyl (C=O) groups excluding carboxylic acids is 2. The number of carbonyl (C=O) groups is 2. The van der Waals surface area contributed by atoms with Gasteiger partial charge < -0.3 is 34.9 Å². The number of anilines is 2. The van der Waals surface area contributed by atoms with Crippen molar-refractivity contribution in [2.75, 3.05) is 23.8 Å². The Morgan fingerprint density at radius 2 is 1.00 bits per heavy atom. The maximum atomic E-state index is 13.4. The largest absolute Gasteiger partial charge is 2.00 e. The summed E-state index contributed by atoms with van der Waals surface area (Å²) in [5.74, 6) is -1.13. The normalized spacial score (nSPS) is 11.5. The number of amides is 2. The second-order valence-electron chi connectivity index (χ2n) is 16.3. The number of benzene rings is 8. The number of phenols is 1. The van der Waals surface area contributed by atoms with Crippen molar-refractivity contribution in [1.29, 1.82) is 0 Å². The molecule has 392 valence electrons. The van der Waals surface area contributed by atoms with Crippen molar-refractivity contribution in [3.05, 3.63) is 166 Å². The fourth-order valence-electron chi connectivity index (χ4n) is 7.94. The number of ether oxygens (including phenoxy) is 2. The molecule has 0 spiro atoms. The molecule has 2 amide bonds. The molecule has 8 rings (SSSR count). The molecule has 18 nitrogen and oxygen atoms in total. The minimum atomic E-state index is -4.96. The first-order valence-electron chi connectivity index (χ1n) is 23.2. The molecule has 0 saturated carbocycles. The molecule has 0 bridgehead atoms. The predicted molar refractivity (Wildman–Crippen MR) is 294 cm³/mol. The molecule has 23 heteroatoms. The van der Waals surface area contributed by atoms with Crippen LogP contribution in [0.1, 0.15) is 59.5 Å². The number of halogens is 2. The van der Waals surface area contributed by atoms with Gasteiger partial charge in [-0.2, -0.15) is 13.5 Å². The summed E-state index contributed by atoms with van der Waals surface area (Å²) in [6.07, 6.45) is 0.378. The van der Waals surface area contributed by atoms with E-state index >= 15 is 0 Å². The Labute approximate surface area is 493 Å². The van der Waals surface area contributed by atoms with Gasteiger partial charge >= 0.3 is 48.9 Å². The maximum absolute atomic E-state index is 13.4. The second-order valence-corrected chi connectivity index (χ2v) is 19.8. The molecule has 0 aliphatic heterocycles. The van der Waals surface area contributed by atoms with Crippen LogP contribution in [0.25, 0.3) is 21.5 Å². The molecule has 0 unspecified atom stereocenters. The number of hydrogen-bond acceptors (Lipinski definition) is 15. The van der Waals surface area contributed by atoms with Crippen molar-refractivity contribution in [3.63, 3.8) is 0 Å². The van der Waals surface area contributed by atoms with Gasteiger partial charge in [0.2, 0.25) is 0 Å². The van der Waals surface area contributed by atoms with Gasteiger partial charge in [0.05, 0.1) is 29.4 Å². The Kier molecular flexibility index (Phi) is 20.4. The molecule has 0 aliphatic carbocycles. The summed E-state index contributed by atoms with van der Waals surface area (Å²) in [7, 11) is -9.65. The number of phenolic OH excluding ortho intramolecular Hbond substituents is 1. The molecule has 8 aromatic carbocycles. The van der Waals surface area contributed by atoms with E-state index in [1.54, 1.807) is 111 Å². The summed E-state index contributed by atoms with van der Waals surface area (Å²) in [6.45, 7) is 8.06. The Hall–Kier alpha value is -6.41. The zero-order valence-electron chi connectivity index (χ0n) is 41.6. The van der Waals surface area contributed by atoms with Crippen LogP contribution in [-0.4, -0.2) is 105 Å². The number of fused-ring (bicyclic) bond motifs is 2. The van der Waals surface area contributed by atoms with E-state index in [0.29, 0.717) is 57.6 Å². The number of nitrogens with one attached hydrogen (secondary N) is 2. The first-order valence-corrected chi connectivity index (χ1v) is 26.8. The summed E-state index contributed by atoms with van der Waals surface area (Å²) in [6, 6.07) is 35.5. The van der Waals surface area contributed by atoms with Crippen LogP contribution in [0.15, 0.2) is 164 Å². The quantitative estimate of drug-likeness (QED) is 0.0399. The summed E-state index contributed by atoms with van der Waals surface area (Å²) in [5, 5.41) is 48.3. The van der Waals surface area contributed by atoms with E-state index in [-0.39, 0.29) is 117 Å². The number of azo groups is 2. The molecule has 0 radical (unpaired) electrons. The Bertz CT molecular complexity index is 3560. The van der Waals surface area contributed by atoms with Crippen molar-refractivity contribution in [3.8, 4) is 23.0 Å². The van der Waals surface area contributed by atoms with Crippen LogP contribution in [0.2, 0.25) is 10.0 Å². The van der Waals surface area contributed by atoms with Gasteiger partial charge in [0.15, 0.2) is 5.75 Å². The predicted octanol–water partition coefficient (Wildman–Crippen LogP) is 12.8. The van der Waals surface area contributed by atoms with Crippen LogP contribution in [0.3, 0.4) is 0 Å². The smallest absolute Gasteiger partial charge is 0.870 e. The molecule has 0 saturated heterocycles. The van der Waals surface area contributed by atoms with Crippen LogP contribution in [0, 0.1) is 0 Å². The molecule has 0 heterocycles. The SMILES string of the molecule is CCOc1ccc(NC(=O)c2cc3ccccc3c(N=Nc3ccc(Cl)c(CC)c3S(=O)(=O)O)c2O)cc1.CCOc1ccc(NC(=O)c2cc3ccccc3c(N=Nc3ccc(Cl)c(CC)c3S(=O)(=O)[O-])c2[O-])cc1.[Ba+2]. The second kappa shape index (κ2) is 26.3. The maximum Gasteiger partial charge on any atom is 2.00 e. The molecule has 77 heavy (non-hydrogen) atoms. The minimum Gasteiger partial charge on any atom is -0.870 e. The van der Waals surface area contributed by atoms with Gasteiger partial charge in [-0.25, -0.2) is 8.42 Å². The molecular weight excluding hydrogens is 1200 g/mol. The number of nitrogens with zero attached hydrogens (tertiary/aromatic N) is 4. The molecule has 4 N–H and O–H groups in total. The van der Waals surface area contributed by atoms with Gasteiger partial charge in [-0.3, -0.25) is 14.1 Å². The van der Waals surface area contributed by atoms with Gasteiger partial charge in [-0.1, -0.05) is 91.3 Å². The van der Waals surface area contributed by atoms with Crippen LogP contribution < -0.4 is 25.2 Å². The third kappa shape index (κ3) is 14.2. The first-order chi connectivity index (χ1) is 36.3. The van der Waals surface area contributed by atoms with E-state index < -0.39 is 53.3 Å². The van der Waals surface area contributed by atoms with Gasteiger partial charge in [-0.15, -0.1) is 15.3 Å². The van der Waals surface area contributed by atoms with E-state index in [1.165, 1.54) is 36.4 Å². The molecule has 0 aromatic heterocycles. The van der Waals surface area contributed by atoms with Crippen LogP contribution in [-0.2, 0) is 33.1 Å². The van der Waals surface area contributed by atoms with Gasteiger partial charge in [0.1, 0.15) is 43.6 Å². The summed E-state index contributed by atoms with van der Waals surface area (Å²) in [4.78, 5) is 25.1. The van der Waals surface area contributed by atoms with E-state index in [2.05, 4.69) is 31.1 Å². The van der Waals surface area contributed by atoms with Crippen LogP contribution in [0.4, 0.5) is 34.1 Å². The molecular formula is C54H46BaCl2N6O12S2. The zero-order chi connectivity index (χ0) is 54.9. The summed E-state index contributed by atoms with van der Waals surface area (Å²) in [5.41, 5.74) is 0.331. The number of hydrogen-bond donors (Lipinski definition) is 4. The van der Waals surface area contributed by atoms with E-state index in [9.17, 15) is 45.7 Å². The van der Waals surface area contributed by atoms with Crippen molar-refractivity contribution in [2.45, 2.75) is 50.3 Å². The number of aromatic hydroxyl groups is 1. The molecule has 0 aliphatic rings. The van der Waals surface area contributed by atoms with Crippen LogP contribution in [0.5, 0.6) is 23.0 Å².